The average molecular weight is 379 g/mol. The summed E-state index contributed by atoms with van der Waals surface area (Å²) in [4.78, 5) is 41.3. The van der Waals surface area contributed by atoms with Crippen molar-refractivity contribution in [3.05, 3.63) is 70.8 Å². The van der Waals surface area contributed by atoms with E-state index in [1.54, 1.807) is 42.5 Å². The summed E-state index contributed by atoms with van der Waals surface area (Å²) in [5.74, 6) is -0.994. The van der Waals surface area contributed by atoms with Crippen molar-refractivity contribution in [3.8, 4) is 5.69 Å². The summed E-state index contributed by atoms with van der Waals surface area (Å²) < 4.78 is 6.16. The molecule has 7 nitrogen and oxygen atoms in total. The van der Waals surface area contributed by atoms with Gasteiger partial charge >= 0.3 is 5.97 Å². The van der Waals surface area contributed by atoms with Crippen LogP contribution in [-0.2, 0) is 9.53 Å². The van der Waals surface area contributed by atoms with Crippen molar-refractivity contribution in [1.29, 1.82) is 0 Å². The summed E-state index contributed by atoms with van der Waals surface area (Å²) in [6.45, 7) is 3.65. The van der Waals surface area contributed by atoms with Gasteiger partial charge in [0.25, 0.3) is 11.5 Å². The summed E-state index contributed by atoms with van der Waals surface area (Å²) in [6.07, 6.45) is 1.46. The number of esters is 1. The standard InChI is InChI=1S/C21H21N3O4/c1-13(2)18(21(27)28-3)23-19(25)14-8-10-15(11-9-14)24-12-22-17-7-5-4-6-16(17)20(24)26/h4-13,18H,1-3H3,(H,23,25)/t18-/m0/s1. The first kappa shape index (κ1) is 19.3. The van der Waals surface area contributed by atoms with E-state index >= 15 is 0 Å². The minimum atomic E-state index is -0.732. The number of methoxy groups -OCH3 is 1. The number of benzene rings is 2. The highest BCUT2D eigenvalue weighted by Crippen LogP contribution is 2.12. The first-order valence-corrected chi connectivity index (χ1v) is 8.88. The van der Waals surface area contributed by atoms with E-state index in [2.05, 4.69) is 10.3 Å². The summed E-state index contributed by atoms with van der Waals surface area (Å²) >= 11 is 0. The SMILES string of the molecule is COC(=O)[C@@H](NC(=O)c1ccc(-n2cnc3ccccc3c2=O)cc1)C(C)C. The maximum absolute atomic E-state index is 12.7. The fraction of sp³-hybridized carbons (Fsp3) is 0.238. The zero-order valence-electron chi connectivity index (χ0n) is 15.9. The molecule has 7 heteroatoms. The molecule has 0 bridgehead atoms. The Kier molecular flexibility index (Phi) is 5.54. The summed E-state index contributed by atoms with van der Waals surface area (Å²) in [6, 6.07) is 12.9. The van der Waals surface area contributed by atoms with Crippen LogP contribution < -0.4 is 10.9 Å². The second kappa shape index (κ2) is 8.04. The normalized spacial score (nSPS) is 12.0. The van der Waals surface area contributed by atoms with E-state index in [0.29, 0.717) is 22.2 Å². The van der Waals surface area contributed by atoms with Crippen LogP contribution in [0.25, 0.3) is 16.6 Å². The molecule has 144 valence electrons. The quantitative estimate of drug-likeness (QED) is 0.687. The number of carbonyl (C=O) groups is 2. The van der Waals surface area contributed by atoms with E-state index in [9.17, 15) is 14.4 Å². The van der Waals surface area contributed by atoms with Gasteiger partial charge in [-0.25, -0.2) is 9.78 Å². The number of carbonyl (C=O) groups excluding carboxylic acids is 2. The topological polar surface area (TPSA) is 90.3 Å². The zero-order chi connectivity index (χ0) is 20.3. The molecule has 1 aromatic heterocycles. The molecule has 1 amide bonds. The Hall–Kier alpha value is -3.48. The van der Waals surface area contributed by atoms with Gasteiger partial charge in [0.05, 0.1) is 23.7 Å². The van der Waals surface area contributed by atoms with Gasteiger partial charge in [0.15, 0.2) is 0 Å². The zero-order valence-corrected chi connectivity index (χ0v) is 15.9. The lowest BCUT2D eigenvalue weighted by molar-refractivity contribution is -0.144. The Labute approximate surface area is 162 Å². The number of ether oxygens (including phenoxy) is 1. The lowest BCUT2D eigenvalue weighted by atomic mass is 10.0. The van der Waals surface area contributed by atoms with E-state index < -0.39 is 12.0 Å². The third kappa shape index (κ3) is 3.78. The molecule has 2 aromatic carbocycles. The van der Waals surface area contributed by atoms with Crippen molar-refractivity contribution >= 4 is 22.8 Å². The van der Waals surface area contributed by atoms with E-state index in [4.69, 9.17) is 4.74 Å². The Balaban J connectivity index is 1.86. The molecule has 1 heterocycles. The Morgan fingerprint density at radius 3 is 2.39 bits per heavy atom. The van der Waals surface area contributed by atoms with Gasteiger partial charge < -0.3 is 10.1 Å². The highest BCUT2D eigenvalue weighted by Gasteiger charge is 2.25. The smallest absolute Gasteiger partial charge is 0.328 e. The highest BCUT2D eigenvalue weighted by atomic mass is 16.5. The number of para-hydroxylation sites is 1. The average Bonchev–Trinajstić information content (AvgIpc) is 2.71. The molecule has 0 fully saturated rings. The van der Waals surface area contributed by atoms with Crippen LogP contribution in [-0.4, -0.2) is 34.6 Å². The maximum atomic E-state index is 12.7. The van der Waals surface area contributed by atoms with Crippen LogP contribution in [0, 0.1) is 5.92 Å². The number of hydrogen-bond donors (Lipinski definition) is 1. The third-order valence-electron chi connectivity index (χ3n) is 4.48. The van der Waals surface area contributed by atoms with Gasteiger partial charge in [-0.05, 0) is 42.3 Å². The molecule has 28 heavy (non-hydrogen) atoms. The first-order valence-electron chi connectivity index (χ1n) is 8.88. The highest BCUT2D eigenvalue weighted by molar-refractivity contribution is 5.97. The van der Waals surface area contributed by atoms with Crippen LogP contribution in [0.5, 0.6) is 0 Å². The number of hydrogen-bond acceptors (Lipinski definition) is 5. The minimum absolute atomic E-state index is 0.113. The number of fused-ring (bicyclic) bond motifs is 1. The summed E-state index contributed by atoms with van der Waals surface area (Å²) in [5.41, 5.74) is 1.41. The number of nitrogens with one attached hydrogen (secondary N) is 1. The molecule has 0 aliphatic rings. The molecule has 0 aliphatic carbocycles. The van der Waals surface area contributed by atoms with Crippen LogP contribution in [0.2, 0.25) is 0 Å². The van der Waals surface area contributed by atoms with Crippen molar-refractivity contribution in [2.24, 2.45) is 5.92 Å². The van der Waals surface area contributed by atoms with Gasteiger partial charge in [0.2, 0.25) is 0 Å². The van der Waals surface area contributed by atoms with E-state index in [1.165, 1.54) is 18.0 Å². The number of nitrogens with zero attached hydrogens (tertiary/aromatic N) is 2. The number of amides is 1. The Bertz CT molecular complexity index is 1070. The second-order valence-corrected chi connectivity index (χ2v) is 6.70. The molecule has 1 N–H and O–H groups in total. The van der Waals surface area contributed by atoms with Crippen LogP contribution >= 0.6 is 0 Å². The first-order chi connectivity index (χ1) is 13.4. The van der Waals surface area contributed by atoms with Crippen LogP contribution in [0.1, 0.15) is 24.2 Å². The Morgan fingerprint density at radius 1 is 1.07 bits per heavy atom. The molecule has 0 saturated carbocycles. The van der Waals surface area contributed by atoms with Crippen molar-refractivity contribution in [2.75, 3.05) is 7.11 Å². The fourth-order valence-electron chi connectivity index (χ4n) is 2.88. The monoisotopic (exact) mass is 379 g/mol. The second-order valence-electron chi connectivity index (χ2n) is 6.70. The largest absolute Gasteiger partial charge is 0.467 e. The number of aromatic nitrogens is 2. The summed E-state index contributed by atoms with van der Waals surface area (Å²) in [5, 5.41) is 3.20. The lowest BCUT2D eigenvalue weighted by Gasteiger charge is -2.19. The predicted octanol–water partition coefficient (Wildman–Crippen LogP) is 2.31. The van der Waals surface area contributed by atoms with Gasteiger partial charge in [-0.2, -0.15) is 0 Å². The van der Waals surface area contributed by atoms with Crippen molar-refractivity contribution < 1.29 is 14.3 Å². The van der Waals surface area contributed by atoms with E-state index in [0.717, 1.165) is 0 Å². The Morgan fingerprint density at radius 2 is 1.75 bits per heavy atom. The minimum Gasteiger partial charge on any atom is -0.467 e. The van der Waals surface area contributed by atoms with E-state index in [-0.39, 0.29) is 17.4 Å². The van der Waals surface area contributed by atoms with Gasteiger partial charge in [0.1, 0.15) is 12.4 Å². The van der Waals surface area contributed by atoms with E-state index in [1.807, 2.05) is 19.9 Å². The molecule has 1 atom stereocenters. The van der Waals surface area contributed by atoms with Gasteiger partial charge in [-0.15, -0.1) is 0 Å². The number of rotatable bonds is 5. The molecule has 0 spiro atoms. The predicted molar refractivity (Wildman–Crippen MR) is 105 cm³/mol. The van der Waals surface area contributed by atoms with Crippen molar-refractivity contribution in [1.82, 2.24) is 14.9 Å². The maximum Gasteiger partial charge on any atom is 0.328 e. The molecule has 0 aliphatic heterocycles. The lowest BCUT2D eigenvalue weighted by Crippen LogP contribution is -2.45. The molecular weight excluding hydrogens is 358 g/mol. The molecule has 0 saturated heterocycles. The van der Waals surface area contributed by atoms with Gasteiger partial charge in [0, 0.05) is 5.56 Å². The van der Waals surface area contributed by atoms with Crippen molar-refractivity contribution in [2.45, 2.75) is 19.9 Å². The molecular formula is C21H21N3O4. The molecule has 0 unspecified atom stereocenters. The van der Waals surface area contributed by atoms with Crippen LogP contribution in [0.4, 0.5) is 0 Å². The van der Waals surface area contributed by atoms with Gasteiger partial charge in [-0.1, -0.05) is 26.0 Å². The third-order valence-corrected chi connectivity index (χ3v) is 4.48. The van der Waals surface area contributed by atoms with Crippen molar-refractivity contribution in [3.63, 3.8) is 0 Å². The molecule has 0 radical (unpaired) electrons. The van der Waals surface area contributed by atoms with Crippen LogP contribution in [0.3, 0.4) is 0 Å². The molecule has 3 aromatic rings. The van der Waals surface area contributed by atoms with Crippen LogP contribution in [0.15, 0.2) is 59.7 Å². The van der Waals surface area contributed by atoms with Gasteiger partial charge in [-0.3, -0.25) is 14.2 Å². The molecule has 3 rings (SSSR count). The summed E-state index contributed by atoms with van der Waals surface area (Å²) in [7, 11) is 1.29. The fourth-order valence-corrected chi connectivity index (χ4v) is 2.88.